The largest absolute Gasteiger partial charge is 0.351 e. The molecule has 0 aromatic heterocycles. The number of hydrogen-bond acceptors (Lipinski definition) is 3. The van der Waals surface area contributed by atoms with Crippen molar-refractivity contribution in [2.75, 3.05) is 12.8 Å². The van der Waals surface area contributed by atoms with Gasteiger partial charge in [-0.2, -0.15) is 4.31 Å². The van der Waals surface area contributed by atoms with E-state index < -0.39 is 16.1 Å². The van der Waals surface area contributed by atoms with Crippen LogP contribution in [0.1, 0.15) is 24.1 Å². The first-order chi connectivity index (χ1) is 11.4. The van der Waals surface area contributed by atoms with Gasteiger partial charge in [0.15, 0.2) is 0 Å². The molecule has 0 saturated carbocycles. The SMILES string of the molecule is CC(c1ccccc1)N(CC(=O)NCc1ccccc1)S(C)(=O)=O. The van der Waals surface area contributed by atoms with E-state index in [1.165, 1.54) is 4.31 Å². The van der Waals surface area contributed by atoms with E-state index >= 15 is 0 Å². The number of sulfonamides is 1. The Kier molecular flexibility index (Phi) is 6.11. The van der Waals surface area contributed by atoms with Gasteiger partial charge >= 0.3 is 0 Å². The average Bonchev–Trinajstić information content (AvgIpc) is 2.58. The molecule has 2 aromatic rings. The van der Waals surface area contributed by atoms with Gasteiger partial charge in [-0.25, -0.2) is 8.42 Å². The lowest BCUT2D eigenvalue weighted by Crippen LogP contribution is -2.41. The molecule has 5 nitrogen and oxygen atoms in total. The molecule has 0 bridgehead atoms. The summed E-state index contributed by atoms with van der Waals surface area (Å²) in [6, 6.07) is 18.3. The standard InChI is InChI=1S/C18H22N2O3S/c1-15(17-11-7-4-8-12-17)20(24(2,22)23)14-18(21)19-13-16-9-5-3-6-10-16/h3-12,15H,13-14H2,1-2H3,(H,19,21). The Bertz CT molecular complexity index is 761. The summed E-state index contributed by atoms with van der Waals surface area (Å²) in [5, 5.41) is 2.76. The van der Waals surface area contributed by atoms with E-state index in [-0.39, 0.29) is 12.5 Å². The van der Waals surface area contributed by atoms with Crippen LogP contribution in [0.25, 0.3) is 0 Å². The maximum atomic E-state index is 12.2. The fourth-order valence-electron chi connectivity index (χ4n) is 2.43. The molecule has 128 valence electrons. The van der Waals surface area contributed by atoms with Crippen LogP contribution in [0.4, 0.5) is 0 Å². The van der Waals surface area contributed by atoms with Gasteiger partial charge in [0, 0.05) is 12.6 Å². The molecular weight excluding hydrogens is 324 g/mol. The molecule has 0 aliphatic carbocycles. The summed E-state index contributed by atoms with van der Waals surface area (Å²) in [6.07, 6.45) is 1.12. The summed E-state index contributed by atoms with van der Waals surface area (Å²) in [7, 11) is -3.52. The highest BCUT2D eigenvalue weighted by atomic mass is 32.2. The minimum Gasteiger partial charge on any atom is -0.351 e. The van der Waals surface area contributed by atoms with Crippen molar-refractivity contribution in [1.29, 1.82) is 0 Å². The molecule has 0 fully saturated rings. The van der Waals surface area contributed by atoms with Crippen molar-refractivity contribution in [3.05, 3.63) is 71.8 Å². The zero-order valence-electron chi connectivity index (χ0n) is 13.8. The van der Waals surface area contributed by atoms with Crippen LogP contribution in [0, 0.1) is 0 Å². The number of hydrogen-bond donors (Lipinski definition) is 1. The molecule has 2 aromatic carbocycles. The van der Waals surface area contributed by atoms with E-state index in [1.807, 2.05) is 60.7 Å². The van der Waals surface area contributed by atoms with E-state index in [1.54, 1.807) is 6.92 Å². The second kappa shape index (κ2) is 8.08. The van der Waals surface area contributed by atoms with Crippen LogP contribution in [0.3, 0.4) is 0 Å². The number of nitrogens with zero attached hydrogens (tertiary/aromatic N) is 1. The van der Waals surface area contributed by atoms with Gasteiger partial charge < -0.3 is 5.32 Å². The molecule has 6 heteroatoms. The summed E-state index contributed by atoms with van der Waals surface area (Å²) >= 11 is 0. The van der Waals surface area contributed by atoms with Gasteiger partial charge in [-0.05, 0) is 18.1 Å². The fraction of sp³-hybridized carbons (Fsp3) is 0.278. The van der Waals surface area contributed by atoms with Crippen LogP contribution in [-0.4, -0.2) is 31.4 Å². The molecule has 24 heavy (non-hydrogen) atoms. The summed E-state index contributed by atoms with van der Waals surface area (Å²) < 4.78 is 25.4. The number of carbonyl (C=O) groups is 1. The molecule has 0 saturated heterocycles. The summed E-state index contributed by atoms with van der Waals surface area (Å²) in [4.78, 5) is 12.2. The Balaban J connectivity index is 2.05. The van der Waals surface area contributed by atoms with E-state index in [0.29, 0.717) is 6.54 Å². The van der Waals surface area contributed by atoms with Gasteiger partial charge in [0.25, 0.3) is 0 Å². The van der Waals surface area contributed by atoms with Crippen molar-refractivity contribution >= 4 is 15.9 Å². The Morgan fingerprint density at radius 2 is 1.58 bits per heavy atom. The highest BCUT2D eigenvalue weighted by Gasteiger charge is 2.26. The monoisotopic (exact) mass is 346 g/mol. The number of benzene rings is 2. The van der Waals surface area contributed by atoms with E-state index in [0.717, 1.165) is 17.4 Å². The molecule has 1 amide bonds. The molecule has 1 atom stereocenters. The van der Waals surface area contributed by atoms with Gasteiger partial charge in [0.2, 0.25) is 15.9 Å². The van der Waals surface area contributed by atoms with Crippen LogP contribution in [-0.2, 0) is 21.4 Å². The summed E-state index contributed by atoms with van der Waals surface area (Å²) in [6.45, 7) is 1.94. The number of carbonyl (C=O) groups excluding carboxylic acids is 1. The highest BCUT2D eigenvalue weighted by molar-refractivity contribution is 7.88. The molecule has 0 radical (unpaired) electrons. The third-order valence-corrected chi connectivity index (χ3v) is 5.07. The number of rotatable bonds is 7. The van der Waals surface area contributed by atoms with Crippen LogP contribution in [0.5, 0.6) is 0 Å². The quantitative estimate of drug-likeness (QED) is 0.837. The summed E-state index contributed by atoms with van der Waals surface area (Å²) in [5.74, 6) is -0.327. The summed E-state index contributed by atoms with van der Waals surface area (Å²) in [5.41, 5.74) is 1.81. The second-order valence-corrected chi connectivity index (χ2v) is 7.59. The highest BCUT2D eigenvalue weighted by Crippen LogP contribution is 2.22. The van der Waals surface area contributed by atoms with E-state index in [4.69, 9.17) is 0 Å². The zero-order valence-corrected chi connectivity index (χ0v) is 14.7. The predicted octanol–water partition coefficient (Wildman–Crippen LogP) is 2.33. The molecule has 1 N–H and O–H groups in total. The van der Waals surface area contributed by atoms with Crippen molar-refractivity contribution in [1.82, 2.24) is 9.62 Å². The normalized spacial score (nSPS) is 12.8. The second-order valence-electron chi connectivity index (χ2n) is 5.66. The van der Waals surface area contributed by atoms with Crippen molar-refractivity contribution in [2.24, 2.45) is 0 Å². The zero-order chi connectivity index (χ0) is 17.6. The van der Waals surface area contributed by atoms with E-state index in [2.05, 4.69) is 5.32 Å². The maximum absolute atomic E-state index is 12.2. The minimum absolute atomic E-state index is 0.207. The Morgan fingerprint density at radius 1 is 1.04 bits per heavy atom. The third-order valence-electron chi connectivity index (χ3n) is 3.77. The van der Waals surface area contributed by atoms with E-state index in [9.17, 15) is 13.2 Å². The van der Waals surface area contributed by atoms with Gasteiger partial charge in [0.1, 0.15) is 0 Å². The average molecular weight is 346 g/mol. The van der Waals surface area contributed by atoms with Crippen molar-refractivity contribution < 1.29 is 13.2 Å². The Hall–Kier alpha value is -2.18. The molecule has 0 aliphatic rings. The van der Waals surface area contributed by atoms with Gasteiger partial charge in [-0.1, -0.05) is 60.7 Å². The first-order valence-electron chi connectivity index (χ1n) is 7.70. The molecule has 1 unspecified atom stereocenters. The Labute approximate surface area is 143 Å². The molecular formula is C18H22N2O3S. The predicted molar refractivity (Wildman–Crippen MR) is 94.7 cm³/mol. The van der Waals surface area contributed by atoms with Crippen LogP contribution in [0.15, 0.2) is 60.7 Å². The molecule has 0 aliphatic heterocycles. The molecule has 2 rings (SSSR count). The van der Waals surface area contributed by atoms with Crippen LogP contribution < -0.4 is 5.32 Å². The van der Waals surface area contributed by atoms with Gasteiger partial charge in [-0.3, -0.25) is 4.79 Å². The van der Waals surface area contributed by atoms with Crippen molar-refractivity contribution in [3.8, 4) is 0 Å². The smallest absolute Gasteiger partial charge is 0.235 e. The Morgan fingerprint density at radius 3 is 2.12 bits per heavy atom. The fourth-order valence-corrected chi connectivity index (χ4v) is 3.48. The van der Waals surface area contributed by atoms with Crippen molar-refractivity contribution in [3.63, 3.8) is 0 Å². The first kappa shape index (κ1) is 18.2. The molecule has 0 spiro atoms. The topological polar surface area (TPSA) is 66.5 Å². The van der Waals surface area contributed by atoms with Gasteiger partial charge in [0.05, 0.1) is 12.8 Å². The lowest BCUT2D eigenvalue weighted by atomic mass is 10.1. The van der Waals surface area contributed by atoms with Crippen LogP contribution in [0.2, 0.25) is 0 Å². The molecule has 0 heterocycles. The maximum Gasteiger partial charge on any atom is 0.235 e. The third kappa shape index (κ3) is 5.18. The first-order valence-corrected chi connectivity index (χ1v) is 9.55. The lowest BCUT2D eigenvalue weighted by molar-refractivity contribution is -0.121. The minimum atomic E-state index is -3.52. The van der Waals surface area contributed by atoms with Crippen LogP contribution >= 0.6 is 0 Å². The van der Waals surface area contributed by atoms with Crippen molar-refractivity contribution in [2.45, 2.75) is 19.5 Å². The number of nitrogens with one attached hydrogen (secondary N) is 1. The lowest BCUT2D eigenvalue weighted by Gasteiger charge is -2.26. The van der Waals surface area contributed by atoms with Gasteiger partial charge in [-0.15, -0.1) is 0 Å². The number of amides is 1.